The van der Waals surface area contributed by atoms with Crippen molar-refractivity contribution in [2.24, 2.45) is 0 Å². The topological polar surface area (TPSA) is 67.4 Å². The van der Waals surface area contributed by atoms with Crippen molar-refractivity contribution in [3.63, 3.8) is 0 Å². The molecule has 0 aliphatic heterocycles. The molecule has 0 fully saturated rings. The molecule has 0 saturated carbocycles. The molecule has 0 atom stereocenters. The van der Waals surface area contributed by atoms with Gasteiger partial charge < -0.3 is 15.4 Å². The van der Waals surface area contributed by atoms with Gasteiger partial charge in [-0.15, -0.1) is 11.3 Å². The van der Waals surface area contributed by atoms with E-state index in [0.717, 1.165) is 2.88 Å². The highest BCUT2D eigenvalue weighted by Gasteiger charge is 2.09. The molecule has 0 spiro atoms. The molecule has 0 aliphatic rings. The van der Waals surface area contributed by atoms with Gasteiger partial charge >= 0.3 is 0 Å². The Balaban J connectivity index is 2.26. The zero-order valence-corrected chi connectivity index (χ0v) is 12.3. The van der Waals surface area contributed by atoms with Crippen LogP contribution in [0.2, 0.25) is 0 Å². The van der Waals surface area contributed by atoms with Gasteiger partial charge in [0.2, 0.25) is 5.91 Å². The highest BCUT2D eigenvalue weighted by atomic mass is 127. The maximum Gasteiger partial charge on any atom is 0.252 e. The number of carbonyl (C=O) groups is 2. The van der Waals surface area contributed by atoms with Gasteiger partial charge in [0.1, 0.15) is 0 Å². The molecular weight excluding hydrogens is 355 g/mol. The molecular formula is C10H13IN2O3S. The van der Waals surface area contributed by atoms with Crippen LogP contribution in [0.3, 0.4) is 0 Å². The lowest BCUT2D eigenvalue weighted by atomic mass is 10.3. The van der Waals surface area contributed by atoms with Gasteiger partial charge in [0.15, 0.2) is 0 Å². The molecule has 7 heteroatoms. The van der Waals surface area contributed by atoms with Gasteiger partial charge in [0, 0.05) is 19.0 Å². The fraction of sp³-hybridized carbons (Fsp3) is 0.400. The Morgan fingerprint density at radius 2 is 2.24 bits per heavy atom. The van der Waals surface area contributed by atoms with Gasteiger partial charge in [0.05, 0.1) is 21.6 Å². The van der Waals surface area contributed by atoms with Crippen molar-refractivity contribution in [3.8, 4) is 0 Å². The Morgan fingerprint density at radius 1 is 1.47 bits per heavy atom. The first-order chi connectivity index (χ1) is 8.13. The molecule has 1 aromatic heterocycles. The maximum atomic E-state index is 11.6. The molecule has 0 unspecified atom stereocenters. The summed E-state index contributed by atoms with van der Waals surface area (Å²) in [6.45, 7) is 0.888. The number of rotatable bonds is 6. The molecule has 0 saturated heterocycles. The van der Waals surface area contributed by atoms with E-state index in [9.17, 15) is 9.59 Å². The van der Waals surface area contributed by atoms with Gasteiger partial charge in [-0.1, -0.05) is 0 Å². The van der Waals surface area contributed by atoms with Crippen molar-refractivity contribution in [1.29, 1.82) is 0 Å². The first-order valence-electron chi connectivity index (χ1n) is 4.91. The lowest BCUT2D eigenvalue weighted by Gasteiger charge is -2.05. The average Bonchev–Trinajstić information content (AvgIpc) is 2.73. The number of hydrogen-bond acceptors (Lipinski definition) is 4. The van der Waals surface area contributed by atoms with Crippen LogP contribution in [0.15, 0.2) is 11.4 Å². The van der Waals surface area contributed by atoms with Crippen molar-refractivity contribution in [2.75, 3.05) is 26.8 Å². The van der Waals surface area contributed by atoms with Gasteiger partial charge in [0.25, 0.3) is 5.91 Å². The normalized spacial score (nSPS) is 10.0. The van der Waals surface area contributed by atoms with E-state index in [-0.39, 0.29) is 18.4 Å². The Hall–Kier alpha value is -0.670. The highest BCUT2D eigenvalue weighted by molar-refractivity contribution is 14.1. The summed E-state index contributed by atoms with van der Waals surface area (Å²) in [7, 11) is 1.56. The van der Waals surface area contributed by atoms with Crippen molar-refractivity contribution >= 4 is 45.7 Å². The number of amides is 2. The lowest BCUT2D eigenvalue weighted by Crippen LogP contribution is -2.38. The summed E-state index contributed by atoms with van der Waals surface area (Å²) in [6, 6.07) is 1.78. The zero-order chi connectivity index (χ0) is 12.7. The van der Waals surface area contributed by atoms with Gasteiger partial charge in [-0.3, -0.25) is 9.59 Å². The Morgan fingerprint density at radius 3 is 2.82 bits per heavy atom. The van der Waals surface area contributed by atoms with Crippen LogP contribution in [0, 0.1) is 2.88 Å². The number of carbonyl (C=O) groups excluding carboxylic acids is 2. The van der Waals surface area contributed by atoms with Crippen LogP contribution in [0.4, 0.5) is 0 Å². The van der Waals surface area contributed by atoms with Crippen LogP contribution in [-0.4, -0.2) is 38.6 Å². The maximum absolute atomic E-state index is 11.6. The Labute approximate surface area is 117 Å². The number of halogens is 1. The molecule has 1 heterocycles. The van der Waals surface area contributed by atoms with Gasteiger partial charge in [-0.2, -0.15) is 0 Å². The van der Waals surface area contributed by atoms with Crippen LogP contribution in [0.1, 0.15) is 10.4 Å². The van der Waals surface area contributed by atoms with Crippen LogP contribution in [-0.2, 0) is 9.53 Å². The monoisotopic (exact) mass is 368 g/mol. The van der Waals surface area contributed by atoms with E-state index in [0.29, 0.717) is 18.7 Å². The van der Waals surface area contributed by atoms with Gasteiger partial charge in [-0.05, 0) is 28.7 Å². The minimum Gasteiger partial charge on any atom is -0.383 e. The number of ether oxygens (including phenoxy) is 1. The zero-order valence-electron chi connectivity index (χ0n) is 9.29. The molecule has 1 rings (SSSR count). The van der Waals surface area contributed by atoms with E-state index in [4.69, 9.17) is 4.74 Å². The molecule has 0 aliphatic carbocycles. The van der Waals surface area contributed by atoms with Crippen molar-refractivity contribution in [3.05, 3.63) is 19.9 Å². The number of thiophene rings is 1. The minimum atomic E-state index is -0.231. The van der Waals surface area contributed by atoms with E-state index >= 15 is 0 Å². The highest BCUT2D eigenvalue weighted by Crippen LogP contribution is 2.16. The van der Waals surface area contributed by atoms with E-state index in [1.165, 1.54) is 11.3 Å². The van der Waals surface area contributed by atoms with Crippen LogP contribution in [0.25, 0.3) is 0 Å². The van der Waals surface area contributed by atoms with Crippen LogP contribution >= 0.6 is 33.9 Å². The second-order valence-corrected chi connectivity index (χ2v) is 5.97. The number of methoxy groups -OCH3 is 1. The Bertz CT molecular complexity index is 395. The third-order valence-electron chi connectivity index (χ3n) is 1.87. The summed E-state index contributed by atoms with van der Waals surface area (Å²) in [5.74, 6) is -0.452. The molecule has 0 bridgehead atoms. The fourth-order valence-electron chi connectivity index (χ4n) is 1.05. The van der Waals surface area contributed by atoms with E-state index in [1.807, 2.05) is 0 Å². The van der Waals surface area contributed by atoms with Crippen molar-refractivity contribution in [2.45, 2.75) is 0 Å². The Kier molecular flexibility index (Phi) is 6.45. The third-order valence-corrected chi connectivity index (χ3v) is 3.66. The largest absolute Gasteiger partial charge is 0.383 e. The van der Waals surface area contributed by atoms with E-state index in [2.05, 4.69) is 33.2 Å². The van der Waals surface area contributed by atoms with Crippen molar-refractivity contribution < 1.29 is 14.3 Å². The molecule has 0 radical (unpaired) electrons. The quantitative estimate of drug-likeness (QED) is 0.578. The summed E-state index contributed by atoms with van der Waals surface area (Å²) in [5, 5.41) is 6.93. The fourth-order valence-corrected chi connectivity index (χ4v) is 2.37. The van der Waals surface area contributed by atoms with Gasteiger partial charge in [-0.25, -0.2) is 0 Å². The van der Waals surface area contributed by atoms with E-state index in [1.54, 1.807) is 18.6 Å². The third kappa shape index (κ3) is 5.46. The number of nitrogens with one attached hydrogen (secondary N) is 2. The summed E-state index contributed by atoms with van der Waals surface area (Å²) >= 11 is 3.64. The average molecular weight is 368 g/mol. The second kappa shape index (κ2) is 7.62. The molecule has 1 aromatic rings. The summed E-state index contributed by atoms with van der Waals surface area (Å²) < 4.78 is 5.83. The van der Waals surface area contributed by atoms with E-state index < -0.39 is 0 Å². The minimum absolute atomic E-state index is 0.0189. The van der Waals surface area contributed by atoms with Crippen LogP contribution in [0.5, 0.6) is 0 Å². The molecule has 0 aromatic carbocycles. The molecule has 17 heavy (non-hydrogen) atoms. The van der Waals surface area contributed by atoms with Crippen LogP contribution < -0.4 is 10.6 Å². The summed E-state index contributed by atoms with van der Waals surface area (Å²) in [6.07, 6.45) is 0. The molecule has 5 nitrogen and oxygen atoms in total. The molecule has 94 valence electrons. The first kappa shape index (κ1) is 14.4. The number of hydrogen-bond donors (Lipinski definition) is 2. The summed E-state index contributed by atoms with van der Waals surface area (Å²) in [4.78, 5) is 22.9. The standard InChI is InChI=1S/C10H13IN2O3S/c1-16-3-2-12-9(14)5-13-10(15)7-4-8(11)17-6-7/h4,6H,2-3,5H2,1H3,(H,12,14)(H,13,15). The predicted octanol–water partition coefficient (Wildman–Crippen LogP) is 0.845. The first-order valence-corrected chi connectivity index (χ1v) is 6.87. The molecule has 2 N–H and O–H groups in total. The second-order valence-electron chi connectivity index (χ2n) is 3.16. The lowest BCUT2D eigenvalue weighted by molar-refractivity contribution is -0.120. The SMILES string of the molecule is COCCNC(=O)CNC(=O)c1csc(I)c1. The predicted molar refractivity (Wildman–Crippen MR) is 74.3 cm³/mol. The summed E-state index contributed by atoms with van der Waals surface area (Å²) in [5.41, 5.74) is 0.587. The van der Waals surface area contributed by atoms with Crippen molar-refractivity contribution in [1.82, 2.24) is 10.6 Å². The smallest absolute Gasteiger partial charge is 0.252 e. The molecule has 2 amide bonds.